The summed E-state index contributed by atoms with van der Waals surface area (Å²) in [5, 5.41) is 7.42. The topological polar surface area (TPSA) is 50.2 Å². The molecular formula is C18H26N4O. The minimum atomic E-state index is -0.0305. The third kappa shape index (κ3) is 4.42. The van der Waals surface area contributed by atoms with Crippen LogP contribution >= 0.6 is 0 Å². The second-order valence-electron chi connectivity index (χ2n) is 5.67. The summed E-state index contributed by atoms with van der Waals surface area (Å²) in [4.78, 5) is 14.5. The van der Waals surface area contributed by atoms with Crippen LogP contribution in [0.2, 0.25) is 0 Å². The first-order valence-corrected chi connectivity index (χ1v) is 8.19. The summed E-state index contributed by atoms with van der Waals surface area (Å²) in [6.45, 7) is 11.8. The van der Waals surface area contributed by atoms with Crippen molar-refractivity contribution in [2.45, 2.75) is 27.7 Å². The molecule has 0 spiro atoms. The van der Waals surface area contributed by atoms with E-state index in [2.05, 4.69) is 29.2 Å². The van der Waals surface area contributed by atoms with Crippen LogP contribution in [0, 0.1) is 13.8 Å². The fourth-order valence-corrected chi connectivity index (χ4v) is 2.61. The van der Waals surface area contributed by atoms with Crippen LogP contribution in [0.5, 0.6) is 0 Å². The number of rotatable bonds is 7. The van der Waals surface area contributed by atoms with Gasteiger partial charge in [0, 0.05) is 24.3 Å². The second kappa shape index (κ2) is 7.92. The van der Waals surface area contributed by atoms with Gasteiger partial charge in [-0.2, -0.15) is 5.10 Å². The Bertz CT molecular complexity index is 642. The van der Waals surface area contributed by atoms with Crippen molar-refractivity contribution in [3.05, 3.63) is 47.3 Å². The van der Waals surface area contributed by atoms with Gasteiger partial charge in [0.25, 0.3) is 5.91 Å². The van der Waals surface area contributed by atoms with E-state index in [9.17, 15) is 4.79 Å². The molecule has 0 aliphatic carbocycles. The van der Waals surface area contributed by atoms with Gasteiger partial charge in [-0.25, -0.2) is 4.68 Å². The molecule has 0 fully saturated rings. The van der Waals surface area contributed by atoms with Crippen molar-refractivity contribution in [2.24, 2.45) is 0 Å². The van der Waals surface area contributed by atoms with Crippen molar-refractivity contribution in [1.29, 1.82) is 0 Å². The van der Waals surface area contributed by atoms with Crippen molar-refractivity contribution in [3.63, 3.8) is 0 Å². The predicted molar refractivity (Wildman–Crippen MR) is 93.2 cm³/mol. The summed E-state index contributed by atoms with van der Waals surface area (Å²) >= 11 is 0. The van der Waals surface area contributed by atoms with E-state index in [0.717, 1.165) is 36.7 Å². The van der Waals surface area contributed by atoms with Crippen molar-refractivity contribution in [3.8, 4) is 5.69 Å². The maximum absolute atomic E-state index is 12.2. The van der Waals surface area contributed by atoms with Crippen molar-refractivity contribution in [1.82, 2.24) is 20.0 Å². The normalized spacial score (nSPS) is 11.0. The SMILES string of the molecule is CCN(CC)CCNC(=O)c1ccc(-n2nc(C)cc2C)cc1. The number of aromatic nitrogens is 2. The molecule has 2 aromatic rings. The van der Waals surface area contributed by atoms with Crippen LogP contribution in [0.25, 0.3) is 5.69 Å². The first kappa shape index (κ1) is 17.2. The molecule has 1 heterocycles. The van der Waals surface area contributed by atoms with Gasteiger partial charge in [-0.05, 0) is 57.3 Å². The van der Waals surface area contributed by atoms with Gasteiger partial charge in [0.15, 0.2) is 0 Å². The Balaban J connectivity index is 1.96. The third-order valence-electron chi connectivity index (χ3n) is 3.99. The maximum Gasteiger partial charge on any atom is 0.251 e. The lowest BCUT2D eigenvalue weighted by atomic mass is 10.2. The van der Waals surface area contributed by atoms with Gasteiger partial charge in [-0.3, -0.25) is 4.79 Å². The quantitative estimate of drug-likeness (QED) is 0.854. The molecule has 23 heavy (non-hydrogen) atoms. The Labute approximate surface area is 138 Å². The zero-order chi connectivity index (χ0) is 16.8. The number of nitrogens with one attached hydrogen (secondary N) is 1. The first-order valence-electron chi connectivity index (χ1n) is 8.19. The van der Waals surface area contributed by atoms with Gasteiger partial charge in [0.05, 0.1) is 11.4 Å². The molecule has 0 bridgehead atoms. The molecule has 0 saturated carbocycles. The summed E-state index contributed by atoms with van der Waals surface area (Å²) in [7, 11) is 0. The van der Waals surface area contributed by atoms with Gasteiger partial charge in [0.1, 0.15) is 0 Å². The highest BCUT2D eigenvalue weighted by molar-refractivity contribution is 5.94. The van der Waals surface area contributed by atoms with E-state index < -0.39 is 0 Å². The van der Waals surface area contributed by atoms with Crippen LogP contribution in [0.1, 0.15) is 35.6 Å². The molecule has 0 aliphatic heterocycles. The molecule has 5 nitrogen and oxygen atoms in total. The van der Waals surface area contributed by atoms with Crippen LogP contribution in [0.3, 0.4) is 0 Å². The van der Waals surface area contributed by atoms with E-state index in [1.54, 1.807) is 0 Å². The molecule has 1 amide bonds. The molecule has 1 N–H and O–H groups in total. The Kier molecular flexibility index (Phi) is 5.93. The number of aryl methyl sites for hydroxylation is 2. The number of benzene rings is 1. The van der Waals surface area contributed by atoms with Gasteiger partial charge in [-0.15, -0.1) is 0 Å². The molecular weight excluding hydrogens is 288 g/mol. The number of carbonyl (C=O) groups is 1. The second-order valence-corrected chi connectivity index (χ2v) is 5.67. The Hall–Kier alpha value is -2.14. The molecule has 1 aromatic carbocycles. The fraction of sp³-hybridized carbons (Fsp3) is 0.444. The highest BCUT2D eigenvalue weighted by atomic mass is 16.1. The summed E-state index contributed by atoms with van der Waals surface area (Å²) in [5.74, 6) is -0.0305. The average molecular weight is 314 g/mol. The van der Waals surface area contributed by atoms with Crippen LogP contribution in [-0.2, 0) is 0 Å². The minimum Gasteiger partial charge on any atom is -0.351 e. The summed E-state index contributed by atoms with van der Waals surface area (Å²) in [5.41, 5.74) is 3.71. The highest BCUT2D eigenvalue weighted by Crippen LogP contribution is 2.13. The van der Waals surface area contributed by atoms with E-state index in [1.165, 1.54) is 0 Å². The zero-order valence-corrected chi connectivity index (χ0v) is 14.5. The molecule has 0 unspecified atom stereocenters. The van der Waals surface area contributed by atoms with Gasteiger partial charge in [0.2, 0.25) is 0 Å². The maximum atomic E-state index is 12.2. The van der Waals surface area contributed by atoms with Crippen molar-refractivity contribution in [2.75, 3.05) is 26.2 Å². The van der Waals surface area contributed by atoms with Crippen LogP contribution in [0.4, 0.5) is 0 Å². The van der Waals surface area contributed by atoms with Crippen molar-refractivity contribution < 1.29 is 4.79 Å². The standard InChI is InChI=1S/C18H26N4O/c1-5-21(6-2)12-11-19-18(23)16-7-9-17(10-8-16)22-15(4)13-14(3)20-22/h7-10,13H,5-6,11-12H2,1-4H3,(H,19,23). The molecule has 124 valence electrons. The lowest BCUT2D eigenvalue weighted by Crippen LogP contribution is -2.34. The van der Waals surface area contributed by atoms with E-state index in [1.807, 2.05) is 48.9 Å². The molecule has 0 radical (unpaired) electrons. The summed E-state index contributed by atoms with van der Waals surface area (Å²) in [6, 6.07) is 9.59. The predicted octanol–water partition coefficient (Wildman–Crippen LogP) is 2.56. The van der Waals surface area contributed by atoms with Crippen LogP contribution in [-0.4, -0.2) is 46.8 Å². The Morgan fingerprint density at radius 1 is 1.17 bits per heavy atom. The largest absolute Gasteiger partial charge is 0.351 e. The van der Waals surface area contributed by atoms with E-state index in [-0.39, 0.29) is 5.91 Å². The van der Waals surface area contributed by atoms with Crippen molar-refractivity contribution >= 4 is 5.91 Å². The molecule has 0 atom stereocenters. The fourth-order valence-electron chi connectivity index (χ4n) is 2.61. The summed E-state index contributed by atoms with van der Waals surface area (Å²) in [6.07, 6.45) is 0. The first-order chi connectivity index (χ1) is 11.0. The monoisotopic (exact) mass is 314 g/mol. The number of carbonyl (C=O) groups excluding carboxylic acids is 1. The molecule has 1 aromatic heterocycles. The summed E-state index contributed by atoms with van der Waals surface area (Å²) < 4.78 is 1.89. The number of likely N-dealkylation sites (N-methyl/N-ethyl adjacent to an activating group) is 1. The third-order valence-corrected chi connectivity index (χ3v) is 3.99. The van der Waals surface area contributed by atoms with E-state index >= 15 is 0 Å². The molecule has 0 saturated heterocycles. The minimum absolute atomic E-state index is 0.0305. The lowest BCUT2D eigenvalue weighted by Gasteiger charge is -2.18. The smallest absolute Gasteiger partial charge is 0.251 e. The number of hydrogen-bond donors (Lipinski definition) is 1. The van der Waals surface area contributed by atoms with E-state index in [0.29, 0.717) is 12.1 Å². The van der Waals surface area contributed by atoms with Gasteiger partial charge < -0.3 is 10.2 Å². The average Bonchev–Trinajstić information content (AvgIpc) is 2.90. The van der Waals surface area contributed by atoms with Crippen LogP contribution in [0.15, 0.2) is 30.3 Å². The number of nitrogens with zero attached hydrogens (tertiary/aromatic N) is 3. The highest BCUT2D eigenvalue weighted by Gasteiger charge is 2.08. The molecule has 0 aliphatic rings. The zero-order valence-electron chi connectivity index (χ0n) is 14.5. The molecule has 5 heteroatoms. The van der Waals surface area contributed by atoms with Crippen LogP contribution < -0.4 is 5.32 Å². The number of amides is 1. The Morgan fingerprint density at radius 3 is 2.35 bits per heavy atom. The van der Waals surface area contributed by atoms with E-state index in [4.69, 9.17) is 0 Å². The Morgan fingerprint density at radius 2 is 1.83 bits per heavy atom. The number of hydrogen-bond acceptors (Lipinski definition) is 3. The lowest BCUT2D eigenvalue weighted by molar-refractivity contribution is 0.0949. The molecule has 2 rings (SSSR count). The van der Waals surface area contributed by atoms with Gasteiger partial charge >= 0.3 is 0 Å². The van der Waals surface area contributed by atoms with Gasteiger partial charge in [-0.1, -0.05) is 13.8 Å².